The Labute approximate surface area is 105 Å². The number of sulfone groups is 1. The van der Waals surface area contributed by atoms with Gasteiger partial charge in [0, 0.05) is 0 Å². The van der Waals surface area contributed by atoms with E-state index in [1.807, 2.05) is 6.92 Å². The Bertz CT molecular complexity index is 551. The van der Waals surface area contributed by atoms with Crippen molar-refractivity contribution in [2.75, 3.05) is 0 Å². The van der Waals surface area contributed by atoms with Crippen LogP contribution in [-0.2, 0) is 9.84 Å². The van der Waals surface area contributed by atoms with Gasteiger partial charge in [-0.15, -0.1) is 0 Å². The van der Waals surface area contributed by atoms with Crippen LogP contribution in [0.15, 0.2) is 23.1 Å². The molecule has 1 atom stereocenters. The van der Waals surface area contributed by atoms with E-state index < -0.39 is 32.4 Å². The van der Waals surface area contributed by atoms with E-state index in [-0.39, 0.29) is 4.90 Å². The van der Waals surface area contributed by atoms with Gasteiger partial charge in [-0.1, -0.05) is 13.3 Å². The molecule has 0 bridgehead atoms. The van der Waals surface area contributed by atoms with Crippen LogP contribution in [0.25, 0.3) is 0 Å². The fraction of sp³-hybridized carbons (Fsp3) is 0.417. The Hall–Kier alpha value is -1.43. The minimum Gasteiger partial charge on any atom is -0.478 e. The summed E-state index contributed by atoms with van der Waals surface area (Å²) in [5.41, 5.74) is -0.625. The minimum absolute atomic E-state index is 0.151. The summed E-state index contributed by atoms with van der Waals surface area (Å²) in [6, 6.07) is 2.84. The van der Waals surface area contributed by atoms with E-state index in [4.69, 9.17) is 5.11 Å². The lowest BCUT2D eigenvalue weighted by Crippen LogP contribution is -2.18. The maximum Gasteiger partial charge on any atom is 0.338 e. The molecule has 1 N–H and O–H groups in total. The molecule has 0 saturated heterocycles. The average molecular weight is 274 g/mol. The topological polar surface area (TPSA) is 71.4 Å². The number of aromatic carboxylic acids is 1. The summed E-state index contributed by atoms with van der Waals surface area (Å²) >= 11 is 0. The molecule has 1 unspecified atom stereocenters. The van der Waals surface area contributed by atoms with Crippen LogP contribution < -0.4 is 0 Å². The predicted molar refractivity (Wildman–Crippen MR) is 64.9 cm³/mol. The maximum atomic E-state index is 13.2. The van der Waals surface area contributed by atoms with Gasteiger partial charge in [0.05, 0.1) is 15.7 Å². The zero-order valence-electron chi connectivity index (χ0n) is 10.2. The molecule has 1 rings (SSSR count). The molecular formula is C12H15FO4S. The van der Waals surface area contributed by atoms with Crippen molar-refractivity contribution >= 4 is 15.8 Å². The molecule has 0 saturated carbocycles. The highest BCUT2D eigenvalue weighted by molar-refractivity contribution is 7.92. The normalized spacial score (nSPS) is 13.3. The van der Waals surface area contributed by atoms with E-state index in [9.17, 15) is 17.6 Å². The summed E-state index contributed by atoms with van der Waals surface area (Å²) in [7, 11) is -3.60. The highest BCUT2D eigenvalue weighted by atomic mass is 32.2. The Morgan fingerprint density at radius 1 is 1.44 bits per heavy atom. The molecule has 4 nitrogen and oxygen atoms in total. The largest absolute Gasteiger partial charge is 0.478 e. The van der Waals surface area contributed by atoms with Crippen molar-refractivity contribution in [2.24, 2.45) is 0 Å². The van der Waals surface area contributed by atoms with Gasteiger partial charge in [0.15, 0.2) is 9.84 Å². The number of hydrogen-bond donors (Lipinski definition) is 1. The van der Waals surface area contributed by atoms with Crippen LogP contribution in [0.1, 0.15) is 37.0 Å². The lowest BCUT2D eigenvalue weighted by molar-refractivity contribution is 0.0691. The molecule has 100 valence electrons. The van der Waals surface area contributed by atoms with Crippen LogP contribution in [0.5, 0.6) is 0 Å². The molecule has 0 spiro atoms. The summed E-state index contributed by atoms with van der Waals surface area (Å²) in [5.74, 6) is -2.42. The first-order valence-electron chi connectivity index (χ1n) is 5.57. The van der Waals surface area contributed by atoms with Crippen LogP contribution in [0.3, 0.4) is 0 Å². The van der Waals surface area contributed by atoms with Gasteiger partial charge in [-0.3, -0.25) is 0 Å². The number of rotatable bonds is 5. The Morgan fingerprint density at radius 3 is 2.56 bits per heavy atom. The van der Waals surface area contributed by atoms with Gasteiger partial charge in [-0.2, -0.15) is 0 Å². The van der Waals surface area contributed by atoms with Crippen molar-refractivity contribution in [1.82, 2.24) is 0 Å². The number of hydrogen-bond acceptors (Lipinski definition) is 3. The molecule has 1 aromatic carbocycles. The third-order valence-corrected chi connectivity index (χ3v) is 4.93. The van der Waals surface area contributed by atoms with E-state index in [1.165, 1.54) is 0 Å². The van der Waals surface area contributed by atoms with E-state index in [2.05, 4.69) is 0 Å². The summed E-state index contributed by atoms with van der Waals surface area (Å²) in [6.07, 6.45) is 1.18. The molecule has 0 aliphatic heterocycles. The Morgan fingerprint density at radius 2 is 2.06 bits per heavy atom. The van der Waals surface area contributed by atoms with Gasteiger partial charge in [-0.05, 0) is 31.5 Å². The molecule has 0 aromatic heterocycles. The van der Waals surface area contributed by atoms with Crippen molar-refractivity contribution < 1.29 is 22.7 Å². The smallest absolute Gasteiger partial charge is 0.338 e. The molecule has 0 fully saturated rings. The van der Waals surface area contributed by atoms with Crippen LogP contribution in [0, 0.1) is 5.82 Å². The molecule has 0 aliphatic rings. The van der Waals surface area contributed by atoms with Crippen LogP contribution in [0.2, 0.25) is 0 Å². The third-order valence-electron chi connectivity index (χ3n) is 2.72. The highest BCUT2D eigenvalue weighted by Crippen LogP contribution is 2.21. The summed E-state index contributed by atoms with van der Waals surface area (Å²) in [4.78, 5) is 10.6. The van der Waals surface area contributed by atoms with Crippen molar-refractivity contribution in [3.05, 3.63) is 29.6 Å². The third kappa shape index (κ3) is 2.87. The molecule has 18 heavy (non-hydrogen) atoms. The number of carboxylic acids is 1. The van der Waals surface area contributed by atoms with Crippen LogP contribution in [0.4, 0.5) is 4.39 Å². The second-order valence-corrected chi connectivity index (χ2v) is 6.46. The van der Waals surface area contributed by atoms with Gasteiger partial charge in [-0.25, -0.2) is 17.6 Å². The predicted octanol–water partition coefficient (Wildman–Crippen LogP) is 2.49. The quantitative estimate of drug-likeness (QED) is 0.837. The summed E-state index contributed by atoms with van der Waals surface area (Å²) in [6.45, 7) is 3.42. The highest BCUT2D eigenvalue weighted by Gasteiger charge is 2.24. The van der Waals surface area contributed by atoms with Crippen LogP contribution >= 0.6 is 0 Å². The van der Waals surface area contributed by atoms with Crippen LogP contribution in [-0.4, -0.2) is 24.7 Å². The van der Waals surface area contributed by atoms with Gasteiger partial charge in [0.1, 0.15) is 5.82 Å². The fourth-order valence-corrected chi connectivity index (χ4v) is 3.19. The molecule has 0 radical (unpaired) electrons. The zero-order valence-corrected chi connectivity index (χ0v) is 11.0. The summed E-state index contributed by atoms with van der Waals surface area (Å²) < 4.78 is 37.4. The second-order valence-electron chi connectivity index (χ2n) is 4.09. The van der Waals surface area contributed by atoms with Crippen molar-refractivity contribution in [3.63, 3.8) is 0 Å². The van der Waals surface area contributed by atoms with Gasteiger partial charge >= 0.3 is 5.97 Å². The van der Waals surface area contributed by atoms with Gasteiger partial charge in [0.2, 0.25) is 0 Å². The molecule has 1 aromatic rings. The first-order chi connectivity index (χ1) is 8.30. The number of benzene rings is 1. The van der Waals surface area contributed by atoms with Gasteiger partial charge in [0.25, 0.3) is 0 Å². The van der Waals surface area contributed by atoms with Gasteiger partial charge < -0.3 is 5.11 Å². The number of halogens is 1. The SMILES string of the molecule is CCCC(C)S(=O)(=O)c1ccc(F)c(C(=O)O)c1. The van der Waals surface area contributed by atoms with Crippen molar-refractivity contribution in [3.8, 4) is 0 Å². The fourth-order valence-electron chi connectivity index (χ4n) is 1.64. The monoisotopic (exact) mass is 274 g/mol. The first kappa shape index (κ1) is 14.6. The van der Waals surface area contributed by atoms with E-state index in [0.29, 0.717) is 12.8 Å². The van der Waals surface area contributed by atoms with E-state index in [0.717, 1.165) is 18.2 Å². The second kappa shape index (κ2) is 5.48. The van der Waals surface area contributed by atoms with Crippen molar-refractivity contribution in [2.45, 2.75) is 36.8 Å². The lowest BCUT2D eigenvalue weighted by atomic mass is 10.2. The minimum atomic E-state index is -3.60. The lowest BCUT2D eigenvalue weighted by Gasteiger charge is -2.12. The molecule has 0 heterocycles. The molecule has 6 heteroatoms. The van der Waals surface area contributed by atoms with E-state index >= 15 is 0 Å². The summed E-state index contributed by atoms with van der Waals surface area (Å²) in [5, 5.41) is 8.15. The molecule has 0 aliphatic carbocycles. The maximum absolute atomic E-state index is 13.2. The first-order valence-corrected chi connectivity index (χ1v) is 7.12. The number of carbonyl (C=O) groups is 1. The van der Waals surface area contributed by atoms with Crippen molar-refractivity contribution in [1.29, 1.82) is 0 Å². The van der Waals surface area contributed by atoms with E-state index in [1.54, 1.807) is 6.92 Å². The zero-order chi connectivity index (χ0) is 13.9. The number of carboxylic acid groups (broad SMARTS) is 1. The average Bonchev–Trinajstić information content (AvgIpc) is 2.29. The molecule has 0 amide bonds. The standard InChI is InChI=1S/C12H15FO4S/c1-3-4-8(2)18(16,17)9-5-6-11(13)10(7-9)12(14)15/h5-8H,3-4H2,1-2H3,(H,14,15). The Balaban J connectivity index is 3.26. The molecular weight excluding hydrogens is 259 g/mol. The Kier molecular flexibility index (Phi) is 4.45.